The average molecular weight is 440 g/mol. The Kier molecular flexibility index (Phi) is 12.5. The molecule has 0 aromatic heterocycles. The van der Waals surface area contributed by atoms with E-state index in [1.165, 1.54) is 12.1 Å². The first kappa shape index (κ1) is 26.3. The largest absolute Gasteiger partial charge is 0.507 e. The number of rotatable bonds is 16. The molecule has 1 aromatic rings. The zero-order valence-electron chi connectivity index (χ0n) is 18.8. The number of benzene rings is 1. The average Bonchev–Trinajstić information content (AvgIpc) is 2.71. The summed E-state index contributed by atoms with van der Waals surface area (Å²) in [5, 5.41) is 13.0. The number of phenols is 1. The molecule has 0 aliphatic heterocycles. The summed E-state index contributed by atoms with van der Waals surface area (Å²) < 4.78 is 17.4. The molecule has 2 N–H and O–H groups in total. The zero-order valence-corrected chi connectivity index (χ0v) is 19.8. The number of nitrogens with one attached hydrogen (secondary N) is 1. The summed E-state index contributed by atoms with van der Waals surface area (Å²) in [6, 6.07) is 5.07. The van der Waals surface area contributed by atoms with Crippen LogP contribution in [0.1, 0.15) is 80.5 Å². The zero-order chi connectivity index (χ0) is 22.4. The van der Waals surface area contributed by atoms with E-state index in [9.17, 15) is 14.7 Å². The highest BCUT2D eigenvalue weighted by Crippen LogP contribution is 2.21. The van der Waals surface area contributed by atoms with Crippen molar-refractivity contribution in [2.45, 2.75) is 65.8 Å². The predicted molar refractivity (Wildman–Crippen MR) is 119 cm³/mol. The normalized spacial score (nSPS) is 11.5. The number of ketones is 1. The Morgan fingerprint density at radius 1 is 0.967 bits per heavy atom. The second-order valence-electron chi connectivity index (χ2n) is 6.95. The van der Waals surface area contributed by atoms with Crippen LogP contribution in [0.4, 0.5) is 0 Å². The number of carbonyl (C=O) groups is 2. The van der Waals surface area contributed by atoms with Gasteiger partial charge in [-0.15, -0.1) is 0 Å². The van der Waals surface area contributed by atoms with Gasteiger partial charge in [0, 0.05) is 44.4 Å². The van der Waals surface area contributed by atoms with Crippen LogP contribution in [0, 0.1) is 0 Å². The minimum Gasteiger partial charge on any atom is -0.507 e. The van der Waals surface area contributed by atoms with Gasteiger partial charge in [-0.1, -0.05) is 25.8 Å². The van der Waals surface area contributed by atoms with Crippen LogP contribution < -0.4 is 5.32 Å². The van der Waals surface area contributed by atoms with Crippen LogP contribution in [0.25, 0.3) is 0 Å². The summed E-state index contributed by atoms with van der Waals surface area (Å²) in [7, 11) is -2.73. The van der Waals surface area contributed by atoms with Crippen LogP contribution in [0.3, 0.4) is 0 Å². The first-order chi connectivity index (χ1) is 14.4. The molecule has 0 heterocycles. The van der Waals surface area contributed by atoms with E-state index in [-0.39, 0.29) is 23.0 Å². The van der Waals surface area contributed by atoms with Crippen molar-refractivity contribution < 1.29 is 28.0 Å². The molecular formula is C22H37NO6Si. The third-order valence-corrected chi connectivity index (χ3v) is 7.76. The number of phenolic OH excluding ortho intramolecular Hbond substituents is 1. The number of hydrogen-bond donors (Lipinski definition) is 2. The van der Waals surface area contributed by atoms with E-state index in [1.807, 2.05) is 20.8 Å². The van der Waals surface area contributed by atoms with Crippen LogP contribution in [0.5, 0.6) is 5.75 Å². The molecule has 0 spiro atoms. The van der Waals surface area contributed by atoms with Crippen molar-refractivity contribution >= 4 is 20.5 Å². The number of carbonyl (C=O) groups excluding carboxylic acids is 2. The molecule has 8 heteroatoms. The number of aromatic hydroxyl groups is 1. The maximum atomic E-state index is 12.4. The molecule has 1 aromatic carbocycles. The molecule has 0 radical (unpaired) electrons. The highest BCUT2D eigenvalue weighted by molar-refractivity contribution is 6.60. The molecule has 0 fully saturated rings. The number of hydrogen-bond acceptors (Lipinski definition) is 6. The topological polar surface area (TPSA) is 94.1 Å². The van der Waals surface area contributed by atoms with Gasteiger partial charge in [0.2, 0.25) is 0 Å². The Labute approximate surface area is 181 Å². The molecule has 0 aliphatic rings. The molecule has 170 valence electrons. The summed E-state index contributed by atoms with van der Waals surface area (Å²) in [5.74, 6) is -0.584. The molecule has 0 saturated carbocycles. The lowest BCUT2D eigenvalue weighted by Crippen LogP contribution is -2.46. The van der Waals surface area contributed by atoms with Gasteiger partial charge in [0.05, 0.1) is 5.56 Å². The predicted octanol–water partition coefficient (Wildman–Crippen LogP) is 4.32. The second kappa shape index (κ2) is 14.3. The highest BCUT2D eigenvalue weighted by Gasteiger charge is 2.39. The van der Waals surface area contributed by atoms with Crippen molar-refractivity contribution in [2.75, 3.05) is 26.4 Å². The Morgan fingerprint density at radius 3 is 2.13 bits per heavy atom. The SMILES string of the molecule is CCCCCC(=O)c1ccc(C(=O)NCCC[Si](OCC)(OCC)OCC)c(O)c1. The summed E-state index contributed by atoms with van der Waals surface area (Å²) in [5.41, 5.74) is 0.587. The number of amides is 1. The first-order valence-corrected chi connectivity index (χ1v) is 12.9. The van der Waals surface area contributed by atoms with E-state index in [2.05, 4.69) is 12.2 Å². The second-order valence-corrected chi connectivity index (χ2v) is 9.69. The summed E-state index contributed by atoms with van der Waals surface area (Å²) >= 11 is 0. The molecule has 0 bridgehead atoms. The van der Waals surface area contributed by atoms with Crippen molar-refractivity contribution in [3.63, 3.8) is 0 Å². The van der Waals surface area contributed by atoms with Gasteiger partial charge in [-0.25, -0.2) is 0 Å². The Bertz CT molecular complexity index is 650. The fraction of sp³-hybridized carbons (Fsp3) is 0.636. The van der Waals surface area contributed by atoms with Gasteiger partial charge in [0.25, 0.3) is 5.91 Å². The van der Waals surface area contributed by atoms with E-state index in [1.54, 1.807) is 6.07 Å². The van der Waals surface area contributed by atoms with Gasteiger partial charge < -0.3 is 23.7 Å². The van der Waals surface area contributed by atoms with E-state index in [0.29, 0.717) is 50.8 Å². The maximum absolute atomic E-state index is 12.4. The fourth-order valence-corrected chi connectivity index (χ4v) is 5.79. The minimum atomic E-state index is -2.73. The van der Waals surface area contributed by atoms with Crippen molar-refractivity contribution in [2.24, 2.45) is 0 Å². The lowest BCUT2D eigenvalue weighted by Gasteiger charge is -2.28. The van der Waals surface area contributed by atoms with Crippen molar-refractivity contribution in [1.29, 1.82) is 0 Å². The third kappa shape index (κ3) is 8.55. The lowest BCUT2D eigenvalue weighted by molar-refractivity contribution is 0.0704. The van der Waals surface area contributed by atoms with Gasteiger partial charge >= 0.3 is 8.80 Å². The van der Waals surface area contributed by atoms with Gasteiger partial charge in [0.15, 0.2) is 5.78 Å². The van der Waals surface area contributed by atoms with E-state index >= 15 is 0 Å². The van der Waals surface area contributed by atoms with Crippen LogP contribution in [0.15, 0.2) is 18.2 Å². The van der Waals surface area contributed by atoms with E-state index < -0.39 is 8.80 Å². The maximum Gasteiger partial charge on any atom is 0.500 e. The summed E-state index contributed by atoms with van der Waals surface area (Å²) in [6.07, 6.45) is 3.95. The molecule has 1 amide bonds. The molecule has 0 atom stereocenters. The molecule has 0 saturated heterocycles. The van der Waals surface area contributed by atoms with Crippen molar-refractivity contribution in [1.82, 2.24) is 5.32 Å². The fourth-order valence-electron chi connectivity index (χ4n) is 3.18. The first-order valence-electron chi connectivity index (χ1n) is 11.0. The standard InChI is InChI=1S/C22H37NO6Si/c1-5-9-10-12-20(24)18-13-14-19(21(25)17-18)22(26)23-15-11-16-30(27-6-2,28-7-3)29-8-4/h13-14,17,25H,5-12,15-16H2,1-4H3,(H,23,26). The Morgan fingerprint density at radius 2 is 1.60 bits per heavy atom. The monoisotopic (exact) mass is 439 g/mol. The van der Waals surface area contributed by atoms with Crippen molar-refractivity contribution in [3.05, 3.63) is 29.3 Å². The summed E-state index contributed by atoms with van der Waals surface area (Å²) in [6.45, 7) is 9.73. The Hall–Kier alpha value is -1.74. The molecule has 30 heavy (non-hydrogen) atoms. The van der Waals surface area contributed by atoms with Gasteiger partial charge in [-0.3, -0.25) is 9.59 Å². The molecular weight excluding hydrogens is 402 g/mol. The lowest BCUT2D eigenvalue weighted by atomic mass is 10.0. The number of Topliss-reactive ketones (excluding diaryl/α,β-unsaturated/α-hetero) is 1. The molecule has 0 aliphatic carbocycles. The third-order valence-electron chi connectivity index (χ3n) is 4.61. The van der Waals surface area contributed by atoms with Crippen LogP contribution in [-0.2, 0) is 13.3 Å². The van der Waals surface area contributed by atoms with E-state index in [4.69, 9.17) is 13.3 Å². The number of unbranched alkanes of at least 4 members (excludes halogenated alkanes) is 2. The summed E-state index contributed by atoms with van der Waals surface area (Å²) in [4.78, 5) is 24.6. The van der Waals surface area contributed by atoms with Crippen LogP contribution >= 0.6 is 0 Å². The van der Waals surface area contributed by atoms with Gasteiger partial charge in [-0.05, 0) is 45.7 Å². The smallest absolute Gasteiger partial charge is 0.500 e. The minimum absolute atomic E-state index is 0.0187. The van der Waals surface area contributed by atoms with Crippen LogP contribution in [0.2, 0.25) is 6.04 Å². The van der Waals surface area contributed by atoms with Gasteiger partial charge in [-0.2, -0.15) is 0 Å². The quantitative estimate of drug-likeness (QED) is 0.226. The highest BCUT2D eigenvalue weighted by atomic mass is 28.4. The molecule has 7 nitrogen and oxygen atoms in total. The van der Waals surface area contributed by atoms with E-state index in [0.717, 1.165) is 19.3 Å². The van der Waals surface area contributed by atoms with Crippen LogP contribution in [-0.4, -0.2) is 52.0 Å². The Balaban J connectivity index is 2.61. The molecule has 0 unspecified atom stereocenters. The van der Waals surface area contributed by atoms with Crippen molar-refractivity contribution in [3.8, 4) is 5.75 Å². The van der Waals surface area contributed by atoms with Gasteiger partial charge in [0.1, 0.15) is 5.75 Å². The molecule has 1 rings (SSSR count).